The van der Waals surface area contributed by atoms with Crippen LogP contribution in [0.1, 0.15) is 16.7 Å². The van der Waals surface area contributed by atoms with Gasteiger partial charge in [0.1, 0.15) is 0 Å². The van der Waals surface area contributed by atoms with Crippen molar-refractivity contribution in [2.24, 2.45) is 0 Å². The second-order valence-electron chi connectivity index (χ2n) is 5.46. The van der Waals surface area contributed by atoms with Gasteiger partial charge in [0.25, 0.3) is 0 Å². The Morgan fingerprint density at radius 3 is 2.50 bits per heavy atom. The fourth-order valence-electron chi connectivity index (χ4n) is 2.61. The van der Waals surface area contributed by atoms with Crippen molar-refractivity contribution in [3.8, 4) is 0 Å². The lowest BCUT2D eigenvalue weighted by Crippen LogP contribution is -2.13. The van der Waals surface area contributed by atoms with E-state index in [1.54, 1.807) is 0 Å². The molecule has 1 aliphatic heterocycles. The molecule has 2 aromatic rings. The number of benzene rings is 2. The third-order valence-electron chi connectivity index (χ3n) is 3.73. The van der Waals surface area contributed by atoms with E-state index in [2.05, 4.69) is 5.32 Å². The van der Waals surface area contributed by atoms with Crippen LogP contribution in [0.2, 0.25) is 0 Å². The standard InChI is InChI=1S/C16H12F3NO3S/c17-16(18,19)13-4-2-1-3-10(13)9-24(22,23)12-5-6-14-11(7-12)8-15(21)20-14/h1-7H,8-9H2,(H,20,21). The zero-order valence-corrected chi connectivity index (χ0v) is 13.0. The van der Waals surface area contributed by atoms with E-state index >= 15 is 0 Å². The lowest BCUT2D eigenvalue weighted by Gasteiger charge is -2.13. The Hall–Kier alpha value is -2.35. The summed E-state index contributed by atoms with van der Waals surface area (Å²) in [6, 6.07) is 8.66. The van der Waals surface area contributed by atoms with Gasteiger partial charge in [0.15, 0.2) is 9.84 Å². The van der Waals surface area contributed by atoms with Gasteiger partial charge < -0.3 is 5.32 Å². The molecule has 0 saturated heterocycles. The molecule has 3 rings (SSSR count). The zero-order valence-electron chi connectivity index (χ0n) is 12.2. The number of hydrogen-bond donors (Lipinski definition) is 1. The molecule has 0 radical (unpaired) electrons. The summed E-state index contributed by atoms with van der Waals surface area (Å²) >= 11 is 0. The van der Waals surface area contributed by atoms with Crippen LogP contribution in [0.25, 0.3) is 0 Å². The molecule has 24 heavy (non-hydrogen) atoms. The van der Waals surface area contributed by atoms with E-state index in [1.165, 1.54) is 30.3 Å². The van der Waals surface area contributed by atoms with Crippen molar-refractivity contribution >= 4 is 21.4 Å². The number of anilines is 1. The van der Waals surface area contributed by atoms with Crippen LogP contribution in [0.4, 0.5) is 18.9 Å². The lowest BCUT2D eigenvalue weighted by atomic mass is 10.1. The quantitative estimate of drug-likeness (QED) is 0.920. The van der Waals surface area contributed by atoms with E-state index in [9.17, 15) is 26.4 Å². The monoisotopic (exact) mass is 355 g/mol. The molecule has 0 aromatic heterocycles. The average molecular weight is 355 g/mol. The second kappa shape index (κ2) is 5.62. The SMILES string of the molecule is O=C1Cc2cc(S(=O)(=O)Cc3ccccc3C(F)(F)F)ccc2N1. The number of halogens is 3. The van der Waals surface area contributed by atoms with Crippen molar-refractivity contribution in [2.75, 3.05) is 5.32 Å². The highest BCUT2D eigenvalue weighted by Gasteiger charge is 2.34. The first kappa shape index (κ1) is 16.5. The predicted molar refractivity (Wildman–Crippen MR) is 81.1 cm³/mol. The van der Waals surface area contributed by atoms with E-state index in [0.717, 1.165) is 12.1 Å². The molecule has 0 aliphatic carbocycles. The molecular formula is C16H12F3NO3S. The summed E-state index contributed by atoms with van der Waals surface area (Å²) in [5.41, 5.74) is -0.230. The van der Waals surface area contributed by atoms with Gasteiger partial charge in [-0.05, 0) is 35.4 Å². The second-order valence-corrected chi connectivity index (χ2v) is 7.45. The first-order valence-electron chi connectivity index (χ1n) is 6.97. The van der Waals surface area contributed by atoms with Crippen LogP contribution in [-0.4, -0.2) is 14.3 Å². The molecule has 4 nitrogen and oxygen atoms in total. The van der Waals surface area contributed by atoms with Gasteiger partial charge in [0.2, 0.25) is 5.91 Å². The maximum atomic E-state index is 13.0. The Bertz CT molecular complexity index is 920. The Morgan fingerprint density at radius 1 is 1.08 bits per heavy atom. The minimum Gasteiger partial charge on any atom is -0.326 e. The highest BCUT2D eigenvalue weighted by molar-refractivity contribution is 7.90. The summed E-state index contributed by atoms with van der Waals surface area (Å²) in [5, 5.41) is 2.57. The number of amides is 1. The van der Waals surface area contributed by atoms with Gasteiger partial charge in [-0.15, -0.1) is 0 Å². The zero-order chi connectivity index (χ0) is 17.5. The molecule has 0 unspecified atom stereocenters. The molecule has 1 amide bonds. The van der Waals surface area contributed by atoms with Crippen LogP contribution in [0.5, 0.6) is 0 Å². The Labute approximate surface area is 136 Å². The van der Waals surface area contributed by atoms with E-state index in [1.807, 2.05) is 0 Å². The third kappa shape index (κ3) is 3.14. The van der Waals surface area contributed by atoms with Gasteiger partial charge in [-0.2, -0.15) is 13.2 Å². The Balaban J connectivity index is 1.97. The molecule has 2 aromatic carbocycles. The molecule has 8 heteroatoms. The smallest absolute Gasteiger partial charge is 0.326 e. The summed E-state index contributed by atoms with van der Waals surface area (Å²) in [6.45, 7) is 0. The van der Waals surface area contributed by atoms with E-state index in [0.29, 0.717) is 11.3 Å². The van der Waals surface area contributed by atoms with Crippen LogP contribution in [-0.2, 0) is 33.0 Å². The van der Waals surface area contributed by atoms with Crippen LogP contribution < -0.4 is 5.32 Å². The van der Waals surface area contributed by atoms with E-state index < -0.39 is 27.3 Å². The fraction of sp³-hybridized carbons (Fsp3) is 0.188. The number of hydrogen-bond acceptors (Lipinski definition) is 3. The number of fused-ring (bicyclic) bond motifs is 1. The van der Waals surface area contributed by atoms with Crippen LogP contribution in [0.15, 0.2) is 47.4 Å². The van der Waals surface area contributed by atoms with Crippen molar-refractivity contribution < 1.29 is 26.4 Å². The molecule has 0 bridgehead atoms. The maximum absolute atomic E-state index is 13.0. The van der Waals surface area contributed by atoms with Gasteiger partial charge in [-0.1, -0.05) is 18.2 Å². The van der Waals surface area contributed by atoms with Crippen molar-refractivity contribution in [2.45, 2.75) is 23.2 Å². The molecule has 1 N–H and O–H groups in total. The summed E-state index contributed by atoms with van der Waals surface area (Å²) in [4.78, 5) is 11.2. The van der Waals surface area contributed by atoms with E-state index in [-0.39, 0.29) is 22.8 Å². The number of sulfone groups is 1. The molecule has 1 heterocycles. The van der Waals surface area contributed by atoms with Crippen molar-refractivity contribution in [3.05, 3.63) is 59.2 Å². The van der Waals surface area contributed by atoms with Gasteiger partial charge >= 0.3 is 6.18 Å². The molecule has 126 valence electrons. The van der Waals surface area contributed by atoms with E-state index in [4.69, 9.17) is 0 Å². The number of nitrogens with one attached hydrogen (secondary N) is 1. The molecule has 0 spiro atoms. The summed E-state index contributed by atoms with van der Waals surface area (Å²) < 4.78 is 64.0. The third-order valence-corrected chi connectivity index (χ3v) is 5.39. The lowest BCUT2D eigenvalue weighted by molar-refractivity contribution is -0.138. The number of carbonyl (C=O) groups is 1. The predicted octanol–water partition coefficient (Wildman–Crippen LogP) is 3.17. The topological polar surface area (TPSA) is 63.2 Å². The van der Waals surface area contributed by atoms with Crippen molar-refractivity contribution in [1.29, 1.82) is 0 Å². The number of alkyl halides is 3. The normalized spacial score (nSPS) is 14.4. The minimum atomic E-state index is -4.62. The van der Waals surface area contributed by atoms with Crippen LogP contribution >= 0.6 is 0 Å². The van der Waals surface area contributed by atoms with Gasteiger partial charge in [-0.25, -0.2) is 8.42 Å². The van der Waals surface area contributed by atoms with Gasteiger partial charge in [-0.3, -0.25) is 4.79 Å². The Kier molecular flexibility index (Phi) is 3.87. The molecule has 0 atom stereocenters. The molecule has 0 fully saturated rings. The fourth-order valence-corrected chi connectivity index (χ4v) is 4.03. The first-order chi connectivity index (χ1) is 11.2. The first-order valence-corrected chi connectivity index (χ1v) is 8.63. The number of rotatable bonds is 3. The van der Waals surface area contributed by atoms with Crippen LogP contribution in [0.3, 0.4) is 0 Å². The summed E-state index contributed by atoms with van der Waals surface area (Å²) in [7, 11) is -3.97. The average Bonchev–Trinajstić information content (AvgIpc) is 2.85. The van der Waals surface area contributed by atoms with Crippen LogP contribution in [0, 0.1) is 0 Å². The number of carbonyl (C=O) groups excluding carboxylic acids is 1. The summed E-state index contributed by atoms with van der Waals surface area (Å²) in [5.74, 6) is -1.01. The Morgan fingerprint density at radius 2 is 1.79 bits per heavy atom. The summed E-state index contributed by atoms with van der Waals surface area (Å²) in [6.07, 6.45) is -4.57. The minimum absolute atomic E-state index is 0.0534. The maximum Gasteiger partial charge on any atom is 0.416 e. The highest BCUT2D eigenvalue weighted by Crippen LogP contribution is 2.34. The molecule has 1 aliphatic rings. The van der Waals surface area contributed by atoms with Crippen molar-refractivity contribution in [1.82, 2.24) is 0 Å². The largest absolute Gasteiger partial charge is 0.416 e. The van der Waals surface area contributed by atoms with Gasteiger partial charge in [0.05, 0.1) is 22.6 Å². The molecular weight excluding hydrogens is 343 g/mol. The van der Waals surface area contributed by atoms with Crippen molar-refractivity contribution in [3.63, 3.8) is 0 Å². The molecule has 0 saturated carbocycles. The van der Waals surface area contributed by atoms with Gasteiger partial charge in [0, 0.05) is 5.69 Å². The highest BCUT2D eigenvalue weighted by atomic mass is 32.2.